The summed E-state index contributed by atoms with van der Waals surface area (Å²) in [6.45, 7) is 0.563. The van der Waals surface area contributed by atoms with Gasteiger partial charge in [0.25, 0.3) is 5.56 Å². The standard InChI is InChI=1S/C20H26N4O5S/c25-18(10-13-24-14-11-19(26)22-20(24)27)21-12-9-15-5-7-17(8-6-15)30(28,29)23-16-3-1-2-4-16/h5-8,11,14,16,23H,1-4,9-10,12-13H2,(H,21,25)(H,22,26,27). The number of carbonyl (C=O) groups excluding carboxylic acids is 1. The lowest BCUT2D eigenvalue weighted by Crippen LogP contribution is -2.32. The topological polar surface area (TPSA) is 130 Å². The minimum Gasteiger partial charge on any atom is -0.356 e. The molecule has 1 aromatic heterocycles. The first-order valence-corrected chi connectivity index (χ1v) is 11.5. The smallest absolute Gasteiger partial charge is 0.328 e. The second kappa shape index (κ2) is 9.86. The van der Waals surface area contributed by atoms with Crippen LogP contribution >= 0.6 is 0 Å². The van der Waals surface area contributed by atoms with Gasteiger partial charge in [-0.25, -0.2) is 17.9 Å². The van der Waals surface area contributed by atoms with Gasteiger partial charge in [-0.3, -0.25) is 14.6 Å². The average molecular weight is 435 g/mol. The summed E-state index contributed by atoms with van der Waals surface area (Å²) in [6.07, 6.45) is 5.89. The summed E-state index contributed by atoms with van der Waals surface area (Å²) >= 11 is 0. The van der Waals surface area contributed by atoms with Crippen molar-refractivity contribution in [3.8, 4) is 0 Å². The predicted molar refractivity (Wildman–Crippen MR) is 112 cm³/mol. The maximum atomic E-state index is 12.4. The molecule has 10 heteroatoms. The average Bonchev–Trinajstić information content (AvgIpc) is 3.20. The number of benzene rings is 1. The van der Waals surface area contributed by atoms with Crippen molar-refractivity contribution in [1.82, 2.24) is 19.6 Å². The Morgan fingerprint density at radius 1 is 1.10 bits per heavy atom. The van der Waals surface area contributed by atoms with Crippen LogP contribution in [0.15, 0.2) is 51.0 Å². The van der Waals surface area contributed by atoms with Crippen molar-refractivity contribution in [2.75, 3.05) is 6.54 Å². The van der Waals surface area contributed by atoms with E-state index in [9.17, 15) is 22.8 Å². The third kappa shape index (κ3) is 6.14. The van der Waals surface area contributed by atoms with E-state index in [1.807, 2.05) is 0 Å². The van der Waals surface area contributed by atoms with Crippen molar-refractivity contribution in [1.29, 1.82) is 0 Å². The molecular formula is C20H26N4O5S. The highest BCUT2D eigenvalue weighted by molar-refractivity contribution is 7.89. The highest BCUT2D eigenvalue weighted by atomic mass is 32.2. The first kappa shape index (κ1) is 22.0. The number of carbonyl (C=O) groups is 1. The van der Waals surface area contributed by atoms with Crippen LogP contribution in [0.5, 0.6) is 0 Å². The van der Waals surface area contributed by atoms with Crippen molar-refractivity contribution in [2.45, 2.75) is 56.0 Å². The maximum absolute atomic E-state index is 12.4. The fourth-order valence-corrected chi connectivity index (χ4v) is 4.75. The first-order valence-electron chi connectivity index (χ1n) is 10.0. The van der Waals surface area contributed by atoms with E-state index >= 15 is 0 Å². The summed E-state index contributed by atoms with van der Waals surface area (Å²) in [5.74, 6) is -0.215. The van der Waals surface area contributed by atoms with Gasteiger partial charge in [-0.05, 0) is 37.0 Å². The second-order valence-electron chi connectivity index (χ2n) is 7.40. The van der Waals surface area contributed by atoms with Crippen molar-refractivity contribution >= 4 is 15.9 Å². The zero-order valence-electron chi connectivity index (χ0n) is 16.6. The van der Waals surface area contributed by atoms with Gasteiger partial charge in [-0.15, -0.1) is 0 Å². The van der Waals surface area contributed by atoms with E-state index in [4.69, 9.17) is 0 Å². The van der Waals surface area contributed by atoms with Gasteiger partial charge in [0.15, 0.2) is 0 Å². The third-order valence-electron chi connectivity index (χ3n) is 5.12. The second-order valence-corrected chi connectivity index (χ2v) is 9.11. The lowest BCUT2D eigenvalue weighted by molar-refractivity contribution is -0.121. The molecule has 1 saturated carbocycles. The van der Waals surface area contributed by atoms with Crippen LogP contribution in [0, 0.1) is 0 Å². The molecule has 1 aliphatic carbocycles. The summed E-state index contributed by atoms with van der Waals surface area (Å²) in [7, 11) is -3.50. The molecule has 2 aromatic rings. The molecule has 3 N–H and O–H groups in total. The lowest BCUT2D eigenvalue weighted by atomic mass is 10.1. The fraction of sp³-hybridized carbons (Fsp3) is 0.450. The summed E-state index contributed by atoms with van der Waals surface area (Å²) in [5, 5.41) is 2.77. The highest BCUT2D eigenvalue weighted by Crippen LogP contribution is 2.20. The summed E-state index contributed by atoms with van der Waals surface area (Å²) < 4.78 is 28.9. The molecule has 9 nitrogen and oxygen atoms in total. The quantitative estimate of drug-likeness (QED) is 0.529. The molecule has 0 saturated heterocycles. The van der Waals surface area contributed by atoms with Gasteiger partial charge in [-0.1, -0.05) is 25.0 Å². The number of H-pyrrole nitrogens is 1. The molecule has 0 unspecified atom stereocenters. The number of nitrogens with zero attached hydrogens (tertiary/aromatic N) is 1. The van der Waals surface area contributed by atoms with Crippen molar-refractivity contribution < 1.29 is 13.2 Å². The third-order valence-corrected chi connectivity index (χ3v) is 6.66. The number of aromatic amines is 1. The number of sulfonamides is 1. The fourth-order valence-electron chi connectivity index (χ4n) is 3.44. The molecule has 0 atom stereocenters. The number of rotatable bonds is 9. The van der Waals surface area contributed by atoms with Crippen LogP contribution in [0.25, 0.3) is 0 Å². The van der Waals surface area contributed by atoms with E-state index in [-0.39, 0.29) is 29.8 Å². The largest absolute Gasteiger partial charge is 0.356 e. The Kier molecular flexibility index (Phi) is 7.22. The van der Waals surface area contributed by atoms with Gasteiger partial charge in [0, 0.05) is 37.8 Å². The molecule has 0 bridgehead atoms. The normalized spacial score (nSPS) is 14.7. The Morgan fingerprint density at radius 3 is 2.47 bits per heavy atom. The zero-order chi connectivity index (χ0) is 21.6. The SMILES string of the molecule is O=C(CCn1ccc(=O)[nH]c1=O)NCCc1ccc(S(=O)(=O)NC2CCCC2)cc1. The van der Waals surface area contributed by atoms with Crippen LogP contribution in [-0.2, 0) is 27.8 Å². The van der Waals surface area contributed by atoms with Crippen LogP contribution in [0.4, 0.5) is 0 Å². The molecule has 30 heavy (non-hydrogen) atoms. The molecule has 0 spiro atoms. The Bertz CT molecular complexity index is 1080. The number of hydrogen-bond donors (Lipinski definition) is 3. The Hall–Kier alpha value is -2.72. The van der Waals surface area contributed by atoms with Crippen LogP contribution in [0.2, 0.25) is 0 Å². The molecular weight excluding hydrogens is 408 g/mol. The number of aromatic nitrogens is 2. The Morgan fingerprint density at radius 2 is 1.80 bits per heavy atom. The number of aryl methyl sites for hydroxylation is 1. The van der Waals surface area contributed by atoms with Crippen molar-refractivity contribution in [3.63, 3.8) is 0 Å². The Labute approximate surface area is 174 Å². The minimum absolute atomic E-state index is 0.0249. The van der Waals surface area contributed by atoms with Crippen LogP contribution < -0.4 is 21.3 Å². The van der Waals surface area contributed by atoms with Crippen LogP contribution in [0.3, 0.4) is 0 Å². The summed E-state index contributed by atoms with van der Waals surface area (Å²) in [4.78, 5) is 36.9. The summed E-state index contributed by atoms with van der Waals surface area (Å²) in [6, 6.07) is 7.90. The number of hydrogen-bond acceptors (Lipinski definition) is 5. The molecule has 3 rings (SSSR count). The van der Waals surface area contributed by atoms with E-state index in [1.54, 1.807) is 24.3 Å². The lowest BCUT2D eigenvalue weighted by Gasteiger charge is -2.13. The minimum atomic E-state index is -3.50. The molecule has 0 radical (unpaired) electrons. The van der Waals surface area contributed by atoms with Crippen LogP contribution in [0.1, 0.15) is 37.7 Å². The number of amides is 1. The molecule has 1 amide bonds. The van der Waals surface area contributed by atoms with Gasteiger partial charge in [0.05, 0.1) is 4.90 Å². The van der Waals surface area contributed by atoms with E-state index in [2.05, 4.69) is 15.0 Å². The van der Waals surface area contributed by atoms with Gasteiger partial charge >= 0.3 is 5.69 Å². The highest BCUT2D eigenvalue weighted by Gasteiger charge is 2.22. The molecule has 162 valence electrons. The molecule has 1 heterocycles. The van der Waals surface area contributed by atoms with Gasteiger partial charge < -0.3 is 9.88 Å². The molecule has 1 aromatic carbocycles. The van der Waals surface area contributed by atoms with Gasteiger partial charge in [0.1, 0.15) is 0 Å². The monoisotopic (exact) mass is 434 g/mol. The number of nitrogens with one attached hydrogen (secondary N) is 3. The van der Waals surface area contributed by atoms with Crippen LogP contribution in [-0.4, -0.2) is 36.5 Å². The van der Waals surface area contributed by atoms with Crippen molar-refractivity contribution in [2.24, 2.45) is 0 Å². The molecule has 1 aliphatic rings. The van der Waals surface area contributed by atoms with E-state index < -0.39 is 21.3 Å². The predicted octanol–water partition coefficient (Wildman–Crippen LogP) is 0.507. The van der Waals surface area contributed by atoms with E-state index in [0.717, 1.165) is 31.2 Å². The molecule has 0 aliphatic heterocycles. The summed E-state index contributed by atoms with van der Waals surface area (Å²) in [5.41, 5.74) is -0.117. The van der Waals surface area contributed by atoms with E-state index in [1.165, 1.54) is 16.8 Å². The van der Waals surface area contributed by atoms with Gasteiger partial charge in [-0.2, -0.15) is 0 Å². The van der Waals surface area contributed by atoms with E-state index in [0.29, 0.717) is 13.0 Å². The van der Waals surface area contributed by atoms with Crippen molar-refractivity contribution in [3.05, 3.63) is 62.9 Å². The first-order chi connectivity index (χ1) is 14.3. The molecule has 1 fully saturated rings. The van der Waals surface area contributed by atoms with Gasteiger partial charge in [0.2, 0.25) is 15.9 Å². The zero-order valence-corrected chi connectivity index (χ0v) is 17.4. The Balaban J connectivity index is 1.44. The maximum Gasteiger partial charge on any atom is 0.328 e.